The molecular weight excluding hydrogens is 192 g/mol. The average Bonchev–Trinajstić information content (AvgIpc) is 2.62. The SMILES string of the molecule is COCCNc1ncnc2c1ccn2C. The summed E-state index contributed by atoms with van der Waals surface area (Å²) in [6.07, 6.45) is 3.54. The van der Waals surface area contributed by atoms with Crippen molar-refractivity contribution < 1.29 is 4.74 Å². The molecule has 0 aliphatic rings. The summed E-state index contributed by atoms with van der Waals surface area (Å²) >= 11 is 0. The minimum absolute atomic E-state index is 0.665. The molecule has 0 bridgehead atoms. The first kappa shape index (κ1) is 9.92. The molecule has 2 heterocycles. The summed E-state index contributed by atoms with van der Waals surface area (Å²) in [4.78, 5) is 8.41. The van der Waals surface area contributed by atoms with Crippen molar-refractivity contribution in [2.75, 3.05) is 25.6 Å². The number of ether oxygens (including phenoxy) is 1. The predicted octanol–water partition coefficient (Wildman–Crippen LogP) is 1.03. The van der Waals surface area contributed by atoms with Crippen molar-refractivity contribution in [3.8, 4) is 0 Å². The second-order valence-corrected chi connectivity index (χ2v) is 3.31. The molecule has 0 aliphatic carbocycles. The van der Waals surface area contributed by atoms with Gasteiger partial charge in [-0.1, -0.05) is 0 Å². The molecule has 0 aliphatic heterocycles. The smallest absolute Gasteiger partial charge is 0.145 e. The van der Waals surface area contributed by atoms with Crippen molar-refractivity contribution in [3.63, 3.8) is 0 Å². The van der Waals surface area contributed by atoms with E-state index in [1.807, 2.05) is 23.9 Å². The largest absolute Gasteiger partial charge is 0.383 e. The normalized spacial score (nSPS) is 10.8. The van der Waals surface area contributed by atoms with E-state index in [0.717, 1.165) is 23.4 Å². The molecule has 0 spiro atoms. The van der Waals surface area contributed by atoms with E-state index in [1.54, 1.807) is 13.4 Å². The van der Waals surface area contributed by atoms with Crippen LogP contribution in [-0.4, -0.2) is 34.8 Å². The summed E-state index contributed by atoms with van der Waals surface area (Å²) in [6, 6.07) is 2.00. The van der Waals surface area contributed by atoms with Crippen LogP contribution in [0.25, 0.3) is 11.0 Å². The van der Waals surface area contributed by atoms with Gasteiger partial charge >= 0.3 is 0 Å². The van der Waals surface area contributed by atoms with Crippen molar-refractivity contribution in [1.82, 2.24) is 14.5 Å². The fourth-order valence-corrected chi connectivity index (χ4v) is 1.49. The number of fused-ring (bicyclic) bond motifs is 1. The molecule has 0 aromatic carbocycles. The molecule has 5 nitrogen and oxygen atoms in total. The fourth-order valence-electron chi connectivity index (χ4n) is 1.49. The van der Waals surface area contributed by atoms with Crippen LogP contribution >= 0.6 is 0 Å². The highest BCUT2D eigenvalue weighted by Gasteiger charge is 2.04. The number of aromatic nitrogens is 3. The van der Waals surface area contributed by atoms with Gasteiger partial charge in [0, 0.05) is 26.9 Å². The van der Waals surface area contributed by atoms with Gasteiger partial charge in [-0.2, -0.15) is 0 Å². The van der Waals surface area contributed by atoms with Gasteiger partial charge in [0.2, 0.25) is 0 Å². The Hall–Kier alpha value is -1.62. The van der Waals surface area contributed by atoms with Gasteiger partial charge in [0.1, 0.15) is 17.8 Å². The zero-order valence-corrected chi connectivity index (χ0v) is 8.90. The van der Waals surface area contributed by atoms with Crippen molar-refractivity contribution in [3.05, 3.63) is 18.6 Å². The lowest BCUT2D eigenvalue weighted by molar-refractivity contribution is 0.210. The summed E-state index contributed by atoms with van der Waals surface area (Å²) in [5, 5.41) is 4.25. The van der Waals surface area contributed by atoms with Gasteiger partial charge in [0.05, 0.1) is 12.0 Å². The monoisotopic (exact) mass is 206 g/mol. The van der Waals surface area contributed by atoms with Crippen LogP contribution in [0.4, 0.5) is 5.82 Å². The van der Waals surface area contributed by atoms with Crippen molar-refractivity contribution >= 4 is 16.9 Å². The Balaban J connectivity index is 2.26. The number of aryl methyl sites for hydroxylation is 1. The number of anilines is 1. The number of nitrogens with one attached hydrogen (secondary N) is 1. The van der Waals surface area contributed by atoms with Crippen LogP contribution in [0.2, 0.25) is 0 Å². The maximum atomic E-state index is 4.97. The topological polar surface area (TPSA) is 52.0 Å². The molecule has 0 fully saturated rings. The van der Waals surface area contributed by atoms with Crippen LogP contribution in [0.1, 0.15) is 0 Å². The molecule has 0 amide bonds. The Morgan fingerprint density at radius 2 is 2.33 bits per heavy atom. The van der Waals surface area contributed by atoms with Crippen LogP contribution in [0.15, 0.2) is 18.6 Å². The van der Waals surface area contributed by atoms with E-state index >= 15 is 0 Å². The molecule has 80 valence electrons. The molecular formula is C10H14N4O. The summed E-state index contributed by atoms with van der Waals surface area (Å²) in [7, 11) is 3.65. The number of nitrogens with zero attached hydrogens (tertiary/aromatic N) is 3. The average molecular weight is 206 g/mol. The van der Waals surface area contributed by atoms with Crippen LogP contribution in [0, 0.1) is 0 Å². The van der Waals surface area contributed by atoms with E-state index in [-0.39, 0.29) is 0 Å². The Bertz CT molecular complexity index is 452. The van der Waals surface area contributed by atoms with E-state index < -0.39 is 0 Å². The summed E-state index contributed by atoms with van der Waals surface area (Å²) in [6.45, 7) is 1.41. The Labute approximate surface area is 88.1 Å². The van der Waals surface area contributed by atoms with E-state index in [9.17, 15) is 0 Å². The molecule has 2 aromatic rings. The minimum atomic E-state index is 0.665. The number of methoxy groups -OCH3 is 1. The van der Waals surface area contributed by atoms with Crippen molar-refractivity contribution in [1.29, 1.82) is 0 Å². The van der Waals surface area contributed by atoms with Crippen LogP contribution in [-0.2, 0) is 11.8 Å². The summed E-state index contributed by atoms with van der Waals surface area (Å²) in [5.74, 6) is 0.859. The van der Waals surface area contributed by atoms with Gasteiger partial charge in [-0.3, -0.25) is 0 Å². The number of hydrogen-bond donors (Lipinski definition) is 1. The van der Waals surface area contributed by atoms with Gasteiger partial charge < -0.3 is 14.6 Å². The maximum absolute atomic E-state index is 4.97. The molecule has 1 N–H and O–H groups in total. The lowest BCUT2D eigenvalue weighted by Gasteiger charge is -2.05. The minimum Gasteiger partial charge on any atom is -0.383 e. The van der Waals surface area contributed by atoms with Gasteiger partial charge in [-0.15, -0.1) is 0 Å². The third kappa shape index (κ3) is 1.92. The number of hydrogen-bond acceptors (Lipinski definition) is 4. The van der Waals surface area contributed by atoms with Gasteiger partial charge in [0.15, 0.2) is 0 Å². The Morgan fingerprint density at radius 1 is 1.47 bits per heavy atom. The van der Waals surface area contributed by atoms with Crippen LogP contribution in [0.3, 0.4) is 0 Å². The molecule has 2 rings (SSSR count). The van der Waals surface area contributed by atoms with Crippen molar-refractivity contribution in [2.45, 2.75) is 0 Å². The van der Waals surface area contributed by atoms with Crippen LogP contribution in [0.5, 0.6) is 0 Å². The molecule has 0 saturated heterocycles. The zero-order chi connectivity index (χ0) is 10.7. The van der Waals surface area contributed by atoms with E-state index in [2.05, 4.69) is 15.3 Å². The second-order valence-electron chi connectivity index (χ2n) is 3.31. The highest BCUT2D eigenvalue weighted by Crippen LogP contribution is 2.18. The standard InChI is InChI=1S/C10H14N4O/c1-14-5-3-8-9(11-4-6-15-2)12-7-13-10(8)14/h3,5,7H,4,6H2,1-2H3,(H,11,12,13). The van der Waals surface area contributed by atoms with Crippen LogP contribution < -0.4 is 5.32 Å². The fraction of sp³-hybridized carbons (Fsp3) is 0.400. The molecule has 5 heteroatoms. The molecule has 15 heavy (non-hydrogen) atoms. The third-order valence-electron chi connectivity index (χ3n) is 2.26. The highest BCUT2D eigenvalue weighted by atomic mass is 16.5. The Kier molecular flexibility index (Phi) is 2.82. The maximum Gasteiger partial charge on any atom is 0.145 e. The number of rotatable bonds is 4. The summed E-state index contributed by atoms with van der Waals surface area (Å²) in [5.41, 5.74) is 0.935. The highest BCUT2D eigenvalue weighted by molar-refractivity contribution is 5.87. The first-order chi connectivity index (χ1) is 7.33. The second kappa shape index (κ2) is 4.27. The summed E-state index contributed by atoms with van der Waals surface area (Å²) < 4.78 is 6.94. The van der Waals surface area contributed by atoms with Crippen molar-refractivity contribution in [2.24, 2.45) is 7.05 Å². The van der Waals surface area contributed by atoms with Gasteiger partial charge in [-0.25, -0.2) is 9.97 Å². The lowest BCUT2D eigenvalue weighted by Crippen LogP contribution is -2.09. The quantitative estimate of drug-likeness (QED) is 0.759. The first-order valence-electron chi connectivity index (χ1n) is 4.82. The van der Waals surface area contributed by atoms with E-state index in [4.69, 9.17) is 4.74 Å². The first-order valence-corrected chi connectivity index (χ1v) is 4.82. The predicted molar refractivity (Wildman–Crippen MR) is 58.9 cm³/mol. The molecule has 0 saturated carbocycles. The van der Waals surface area contributed by atoms with E-state index in [0.29, 0.717) is 6.61 Å². The molecule has 2 aromatic heterocycles. The zero-order valence-electron chi connectivity index (χ0n) is 8.90. The molecule has 0 unspecified atom stereocenters. The molecule has 0 atom stereocenters. The lowest BCUT2D eigenvalue weighted by atomic mass is 10.4. The Morgan fingerprint density at radius 3 is 3.13 bits per heavy atom. The third-order valence-corrected chi connectivity index (χ3v) is 2.26. The van der Waals surface area contributed by atoms with Gasteiger partial charge in [0.25, 0.3) is 0 Å². The van der Waals surface area contributed by atoms with Gasteiger partial charge in [-0.05, 0) is 6.07 Å². The van der Waals surface area contributed by atoms with E-state index in [1.165, 1.54) is 0 Å². The molecule has 0 radical (unpaired) electrons.